The van der Waals surface area contributed by atoms with Gasteiger partial charge < -0.3 is 14.8 Å². The fourth-order valence-electron chi connectivity index (χ4n) is 3.37. The van der Waals surface area contributed by atoms with Crippen LogP contribution in [-0.4, -0.2) is 50.8 Å². The summed E-state index contributed by atoms with van der Waals surface area (Å²) in [7, 11) is 1.54. The van der Waals surface area contributed by atoms with E-state index in [0.29, 0.717) is 36.1 Å². The standard InChI is InChI=1S/C21H25ClN2O3/c1-15-4-3-5-16(12-15)19(24-8-10-27-11-9-24)14-23-21(25)18-13-17(22)6-7-20(18)26-2/h3-7,12-13,19H,8-11,14H2,1-2H3,(H,23,25). The number of methoxy groups -OCH3 is 1. The number of halogens is 1. The first-order valence-corrected chi connectivity index (χ1v) is 9.46. The van der Waals surface area contributed by atoms with Gasteiger partial charge in [0.05, 0.1) is 31.9 Å². The lowest BCUT2D eigenvalue weighted by atomic mass is 10.0. The van der Waals surface area contributed by atoms with Crippen molar-refractivity contribution in [2.45, 2.75) is 13.0 Å². The van der Waals surface area contributed by atoms with Crippen molar-refractivity contribution in [2.75, 3.05) is 40.0 Å². The SMILES string of the molecule is COc1ccc(Cl)cc1C(=O)NCC(c1cccc(C)c1)N1CCOCC1. The van der Waals surface area contributed by atoms with Crippen molar-refractivity contribution in [3.63, 3.8) is 0 Å². The minimum Gasteiger partial charge on any atom is -0.496 e. The van der Waals surface area contributed by atoms with Crippen LogP contribution in [0.25, 0.3) is 0 Å². The highest BCUT2D eigenvalue weighted by Crippen LogP contribution is 2.25. The molecule has 1 amide bonds. The van der Waals surface area contributed by atoms with Crippen LogP contribution in [0, 0.1) is 6.92 Å². The number of hydrogen-bond acceptors (Lipinski definition) is 4. The maximum atomic E-state index is 12.8. The minimum atomic E-state index is -0.194. The molecule has 1 aliphatic heterocycles. The van der Waals surface area contributed by atoms with E-state index in [9.17, 15) is 4.79 Å². The summed E-state index contributed by atoms with van der Waals surface area (Å²) < 4.78 is 10.8. The van der Waals surface area contributed by atoms with Crippen LogP contribution in [0.2, 0.25) is 5.02 Å². The highest BCUT2D eigenvalue weighted by atomic mass is 35.5. The topological polar surface area (TPSA) is 50.8 Å². The van der Waals surface area contributed by atoms with E-state index >= 15 is 0 Å². The molecule has 1 saturated heterocycles. The van der Waals surface area contributed by atoms with E-state index in [-0.39, 0.29) is 11.9 Å². The van der Waals surface area contributed by atoms with Crippen molar-refractivity contribution in [1.29, 1.82) is 0 Å². The molecule has 1 fully saturated rings. The summed E-state index contributed by atoms with van der Waals surface area (Å²) in [5.74, 6) is 0.315. The van der Waals surface area contributed by atoms with Gasteiger partial charge >= 0.3 is 0 Å². The number of benzene rings is 2. The molecular formula is C21H25ClN2O3. The van der Waals surface area contributed by atoms with Crippen LogP contribution in [0.3, 0.4) is 0 Å². The molecule has 0 radical (unpaired) electrons. The number of morpholine rings is 1. The van der Waals surface area contributed by atoms with Gasteiger partial charge in [-0.1, -0.05) is 41.4 Å². The predicted octanol–water partition coefficient (Wildman–Crippen LogP) is 3.46. The monoisotopic (exact) mass is 388 g/mol. The number of amides is 1. The van der Waals surface area contributed by atoms with E-state index in [0.717, 1.165) is 13.1 Å². The van der Waals surface area contributed by atoms with Gasteiger partial charge in [0.1, 0.15) is 5.75 Å². The second-order valence-electron chi connectivity index (χ2n) is 6.63. The molecule has 144 valence electrons. The smallest absolute Gasteiger partial charge is 0.255 e. The molecule has 27 heavy (non-hydrogen) atoms. The molecular weight excluding hydrogens is 364 g/mol. The lowest BCUT2D eigenvalue weighted by Gasteiger charge is -2.35. The van der Waals surface area contributed by atoms with Gasteiger partial charge in [0, 0.05) is 24.7 Å². The molecule has 2 aromatic rings. The molecule has 6 heteroatoms. The summed E-state index contributed by atoms with van der Waals surface area (Å²) in [6, 6.07) is 13.5. The first kappa shape index (κ1) is 19.7. The Balaban J connectivity index is 1.78. The van der Waals surface area contributed by atoms with Crippen LogP contribution < -0.4 is 10.1 Å². The highest BCUT2D eigenvalue weighted by Gasteiger charge is 2.24. The third kappa shape index (κ3) is 5.01. The number of rotatable bonds is 6. The fraction of sp³-hybridized carbons (Fsp3) is 0.381. The molecule has 1 heterocycles. The number of nitrogens with zero attached hydrogens (tertiary/aromatic N) is 1. The second kappa shape index (κ2) is 9.22. The average Bonchev–Trinajstić information content (AvgIpc) is 2.69. The minimum absolute atomic E-state index is 0.0860. The van der Waals surface area contributed by atoms with E-state index in [4.69, 9.17) is 21.1 Å². The maximum absolute atomic E-state index is 12.8. The molecule has 0 aliphatic carbocycles. The number of hydrogen-bond donors (Lipinski definition) is 1. The zero-order chi connectivity index (χ0) is 19.2. The number of carbonyl (C=O) groups is 1. The quantitative estimate of drug-likeness (QED) is 0.823. The van der Waals surface area contributed by atoms with Crippen LogP contribution in [0.5, 0.6) is 5.75 Å². The van der Waals surface area contributed by atoms with Gasteiger partial charge in [-0.2, -0.15) is 0 Å². The van der Waals surface area contributed by atoms with Crippen molar-refractivity contribution in [3.8, 4) is 5.75 Å². The Bertz CT molecular complexity index is 791. The molecule has 0 spiro atoms. The lowest BCUT2D eigenvalue weighted by molar-refractivity contribution is 0.0162. The molecule has 5 nitrogen and oxygen atoms in total. The largest absolute Gasteiger partial charge is 0.496 e. The molecule has 1 aliphatic rings. The summed E-state index contributed by atoms with van der Waals surface area (Å²) in [5, 5.41) is 3.56. The summed E-state index contributed by atoms with van der Waals surface area (Å²) in [5.41, 5.74) is 2.83. The summed E-state index contributed by atoms with van der Waals surface area (Å²) in [6.07, 6.45) is 0. The first-order chi connectivity index (χ1) is 13.1. The number of aryl methyl sites for hydroxylation is 1. The number of carbonyl (C=O) groups excluding carboxylic acids is 1. The third-order valence-electron chi connectivity index (χ3n) is 4.78. The summed E-state index contributed by atoms with van der Waals surface area (Å²) >= 11 is 6.06. The fourth-order valence-corrected chi connectivity index (χ4v) is 3.54. The zero-order valence-corrected chi connectivity index (χ0v) is 16.5. The Morgan fingerprint density at radius 2 is 2.04 bits per heavy atom. The van der Waals surface area contributed by atoms with Crippen molar-refractivity contribution >= 4 is 17.5 Å². The highest BCUT2D eigenvalue weighted by molar-refractivity contribution is 6.31. The second-order valence-corrected chi connectivity index (χ2v) is 7.07. The molecule has 0 saturated carbocycles. The van der Waals surface area contributed by atoms with Gasteiger partial charge in [0.2, 0.25) is 0 Å². The Labute approximate surface area is 165 Å². The number of ether oxygens (including phenoxy) is 2. The Morgan fingerprint density at radius 3 is 2.74 bits per heavy atom. The van der Waals surface area contributed by atoms with Gasteiger partial charge in [-0.3, -0.25) is 9.69 Å². The predicted molar refractivity (Wildman–Crippen MR) is 107 cm³/mol. The van der Waals surface area contributed by atoms with Crippen LogP contribution in [0.1, 0.15) is 27.5 Å². The summed E-state index contributed by atoms with van der Waals surface area (Å²) in [6.45, 7) is 5.67. The van der Waals surface area contributed by atoms with E-state index < -0.39 is 0 Å². The van der Waals surface area contributed by atoms with Crippen LogP contribution in [0.15, 0.2) is 42.5 Å². The van der Waals surface area contributed by atoms with E-state index in [1.54, 1.807) is 25.3 Å². The third-order valence-corrected chi connectivity index (χ3v) is 5.01. The van der Waals surface area contributed by atoms with Gasteiger partial charge in [-0.05, 0) is 30.7 Å². The van der Waals surface area contributed by atoms with E-state index in [1.165, 1.54) is 11.1 Å². The Morgan fingerprint density at radius 1 is 1.26 bits per heavy atom. The molecule has 0 aromatic heterocycles. The molecule has 1 N–H and O–H groups in total. The van der Waals surface area contributed by atoms with Crippen LogP contribution in [-0.2, 0) is 4.74 Å². The summed E-state index contributed by atoms with van der Waals surface area (Å²) in [4.78, 5) is 15.1. The normalized spacial score (nSPS) is 16.0. The zero-order valence-electron chi connectivity index (χ0n) is 15.7. The van der Waals surface area contributed by atoms with E-state index in [1.807, 2.05) is 0 Å². The first-order valence-electron chi connectivity index (χ1n) is 9.08. The van der Waals surface area contributed by atoms with Crippen molar-refractivity contribution in [2.24, 2.45) is 0 Å². The van der Waals surface area contributed by atoms with Gasteiger partial charge in [-0.15, -0.1) is 0 Å². The van der Waals surface area contributed by atoms with Crippen LogP contribution >= 0.6 is 11.6 Å². The lowest BCUT2D eigenvalue weighted by Crippen LogP contribution is -2.43. The molecule has 3 rings (SSSR count). The molecule has 0 bridgehead atoms. The Kier molecular flexibility index (Phi) is 6.72. The Hall–Kier alpha value is -2.08. The van der Waals surface area contributed by atoms with Gasteiger partial charge in [0.25, 0.3) is 5.91 Å². The average molecular weight is 389 g/mol. The van der Waals surface area contributed by atoms with Crippen LogP contribution in [0.4, 0.5) is 0 Å². The van der Waals surface area contributed by atoms with Crippen molar-refractivity contribution in [1.82, 2.24) is 10.2 Å². The van der Waals surface area contributed by atoms with Crippen molar-refractivity contribution < 1.29 is 14.3 Å². The molecule has 1 unspecified atom stereocenters. The molecule has 1 atom stereocenters. The number of nitrogens with one attached hydrogen (secondary N) is 1. The van der Waals surface area contributed by atoms with Gasteiger partial charge in [0.15, 0.2) is 0 Å². The maximum Gasteiger partial charge on any atom is 0.255 e. The molecule has 2 aromatic carbocycles. The van der Waals surface area contributed by atoms with E-state index in [2.05, 4.69) is 41.4 Å². The van der Waals surface area contributed by atoms with Gasteiger partial charge in [-0.25, -0.2) is 0 Å². The van der Waals surface area contributed by atoms with Crippen molar-refractivity contribution in [3.05, 3.63) is 64.2 Å².